The average molecular weight is 240 g/mol. The third kappa shape index (κ3) is 3.10. The van der Waals surface area contributed by atoms with Gasteiger partial charge in [0.1, 0.15) is 11.9 Å². The number of carbonyl (C=O) groups excluding carboxylic acids is 1. The lowest BCUT2D eigenvalue weighted by atomic mass is 10.3. The van der Waals surface area contributed by atoms with Gasteiger partial charge in [0, 0.05) is 12.2 Å². The van der Waals surface area contributed by atoms with Gasteiger partial charge in [-0.05, 0) is 31.9 Å². The standard InChI is InChI=1S/C11H14ClN3O/c1-7(11(16)15-9-3-4-9)14-10-5-2-8(12)6-13-10/h2,5-7,9H,3-4H2,1H3,(H,13,14)(H,15,16). The van der Waals surface area contributed by atoms with Crippen LogP contribution in [0.25, 0.3) is 0 Å². The minimum Gasteiger partial charge on any atom is -0.359 e. The molecule has 1 amide bonds. The molecular formula is C11H14ClN3O. The monoisotopic (exact) mass is 239 g/mol. The molecule has 1 fully saturated rings. The smallest absolute Gasteiger partial charge is 0.242 e. The van der Waals surface area contributed by atoms with Gasteiger partial charge in [0.25, 0.3) is 0 Å². The zero-order valence-electron chi connectivity index (χ0n) is 9.03. The lowest BCUT2D eigenvalue weighted by Gasteiger charge is -2.14. The van der Waals surface area contributed by atoms with E-state index in [9.17, 15) is 4.79 Å². The van der Waals surface area contributed by atoms with Crippen molar-refractivity contribution in [1.82, 2.24) is 10.3 Å². The lowest BCUT2D eigenvalue weighted by Crippen LogP contribution is -2.38. The van der Waals surface area contributed by atoms with Gasteiger partial charge in [-0.2, -0.15) is 0 Å². The fourth-order valence-electron chi connectivity index (χ4n) is 1.30. The highest BCUT2D eigenvalue weighted by atomic mass is 35.5. The highest BCUT2D eigenvalue weighted by Gasteiger charge is 2.25. The number of rotatable bonds is 4. The first kappa shape index (κ1) is 11.2. The van der Waals surface area contributed by atoms with E-state index in [0.717, 1.165) is 12.8 Å². The third-order valence-electron chi connectivity index (χ3n) is 2.41. The zero-order valence-corrected chi connectivity index (χ0v) is 9.79. The van der Waals surface area contributed by atoms with E-state index in [1.165, 1.54) is 0 Å². The highest BCUT2D eigenvalue weighted by Crippen LogP contribution is 2.19. The van der Waals surface area contributed by atoms with Gasteiger partial charge in [-0.1, -0.05) is 11.6 Å². The molecule has 1 aromatic rings. The van der Waals surface area contributed by atoms with Crippen LogP contribution in [-0.2, 0) is 4.79 Å². The summed E-state index contributed by atoms with van der Waals surface area (Å²) < 4.78 is 0. The summed E-state index contributed by atoms with van der Waals surface area (Å²) >= 11 is 5.72. The Kier molecular flexibility index (Phi) is 3.29. The number of hydrogen-bond acceptors (Lipinski definition) is 3. The summed E-state index contributed by atoms with van der Waals surface area (Å²) in [4.78, 5) is 15.7. The first-order valence-electron chi connectivity index (χ1n) is 5.33. The summed E-state index contributed by atoms with van der Waals surface area (Å²) in [6.45, 7) is 1.81. The Hall–Kier alpha value is -1.29. The van der Waals surface area contributed by atoms with Gasteiger partial charge in [0.05, 0.1) is 5.02 Å². The fourth-order valence-corrected chi connectivity index (χ4v) is 1.41. The van der Waals surface area contributed by atoms with Gasteiger partial charge in [0.2, 0.25) is 5.91 Å². The number of anilines is 1. The number of aromatic nitrogens is 1. The van der Waals surface area contributed by atoms with E-state index in [1.807, 2.05) is 6.92 Å². The second-order valence-corrected chi connectivity index (χ2v) is 4.45. The Balaban J connectivity index is 1.87. The topological polar surface area (TPSA) is 54.0 Å². The fraction of sp³-hybridized carbons (Fsp3) is 0.455. The largest absolute Gasteiger partial charge is 0.359 e. The number of nitrogens with zero attached hydrogens (tertiary/aromatic N) is 1. The highest BCUT2D eigenvalue weighted by molar-refractivity contribution is 6.30. The van der Waals surface area contributed by atoms with E-state index < -0.39 is 0 Å². The average Bonchev–Trinajstić information content (AvgIpc) is 3.05. The molecule has 1 saturated carbocycles. The molecule has 2 N–H and O–H groups in total. The van der Waals surface area contributed by atoms with Crippen molar-refractivity contribution in [3.8, 4) is 0 Å². The lowest BCUT2D eigenvalue weighted by molar-refractivity contribution is -0.121. The van der Waals surface area contributed by atoms with Crippen molar-refractivity contribution >= 4 is 23.3 Å². The summed E-state index contributed by atoms with van der Waals surface area (Å²) in [5.41, 5.74) is 0. The third-order valence-corrected chi connectivity index (χ3v) is 2.63. The van der Waals surface area contributed by atoms with Gasteiger partial charge >= 0.3 is 0 Å². The van der Waals surface area contributed by atoms with E-state index in [4.69, 9.17) is 11.6 Å². The molecule has 0 aliphatic heterocycles. The molecular weight excluding hydrogens is 226 g/mol. The minimum absolute atomic E-state index is 0.0132. The van der Waals surface area contributed by atoms with E-state index in [1.54, 1.807) is 18.3 Å². The molecule has 5 heteroatoms. The predicted octanol–water partition coefficient (Wildman–Crippen LogP) is 1.81. The van der Waals surface area contributed by atoms with Crippen LogP contribution in [0.2, 0.25) is 5.02 Å². The summed E-state index contributed by atoms with van der Waals surface area (Å²) in [6, 6.07) is 3.59. The van der Waals surface area contributed by atoms with Gasteiger partial charge in [-0.15, -0.1) is 0 Å². The van der Waals surface area contributed by atoms with Crippen molar-refractivity contribution in [1.29, 1.82) is 0 Å². The summed E-state index contributed by atoms with van der Waals surface area (Å²) in [5.74, 6) is 0.669. The Bertz CT molecular complexity index is 375. The van der Waals surface area contributed by atoms with Crippen LogP contribution in [0.5, 0.6) is 0 Å². The van der Waals surface area contributed by atoms with E-state index in [0.29, 0.717) is 16.9 Å². The molecule has 4 nitrogen and oxygen atoms in total. The number of amides is 1. The van der Waals surface area contributed by atoms with Gasteiger partial charge in [0.15, 0.2) is 0 Å². The first-order valence-corrected chi connectivity index (χ1v) is 5.71. The molecule has 0 spiro atoms. The van der Waals surface area contributed by atoms with Gasteiger partial charge < -0.3 is 10.6 Å². The molecule has 0 bridgehead atoms. The molecule has 0 radical (unpaired) electrons. The molecule has 1 aliphatic rings. The number of nitrogens with one attached hydrogen (secondary N) is 2. The second kappa shape index (κ2) is 4.70. The molecule has 1 unspecified atom stereocenters. The predicted molar refractivity (Wildman–Crippen MR) is 63.5 cm³/mol. The summed E-state index contributed by atoms with van der Waals surface area (Å²) in [6.07, 6.45) is 3.74. The molecule has 0 aromatic carbocycles. The maximum Gasteiger partial charge on any atom is 0.242 e. The molecule has 0 saturated heterocycles. The minimum atomic E-state index is -0.283. The Morgan fingerprint density at radius 3 is 2.88 bits per heavy atom. The summed E-state index contributed by atoms with van der Waals surface area (Å²) in [5, 5.41) is 6.53. The molecule has 1 aromatic heterocycles. The Morgan fingerprint density at radius 1 is 1.56 bits per heavy atom. The number of halogens is 1. The van der Waals surface area contributed by atoms with Crippen molar-refractivity contribution in [3.63, 3.8) is 0 Å². The number of hydrogen-bond donors (Lipinski definition) is 2. The van der Waals surface area contributed by atoms with Crippen molar-refractivity contribution in [2.45, 2.75) is 31.8 Å². The maximum atomic E-state index is 11.6. The normalized spacial score (nSPS) is 16.6. The van der Waals surface area contributed by atoms with Crippen LogP contribution in [0.4, 0.5) is 5.82 Å². The van der Waals surface area contributed by atoms with Crippen LogP contribution in [0, 0.1) is 0 Å². The van der Waals surface area contributed by atoms with Crippen LogP contribution < -0.4 is 10.6 Å². The van der Waals surface area contributed by atoms with Crippen LogP contribution in [0.3, 0.4) is 0 Å². The van der Waals surface area contributed by atoms with E-state index >= 15 is 0 Å². The van der Waals surface area contributed by atoms with Crippen LogP contribution in [-0.4, -0.2) is 23.0 Å². The van der Waals surface area contributed by atoms with Gasteiger partial charge in [-0.3, -0.25) is 4.79 Å². The maximum absolute atomic E-state index is 11.6. The van der Waals surface area contributed by atoms with Crippen LogP contribution >= 0.6 is 11.6 Å². The van der Waals surface area contributed by atoms with Gasteiger partial charge in [-0.25, -0.2) is 4.98 Å². The van der Waals surface area contributed by atoms with Crippen LogP contribution in [0.1, 0.15) is 19.8 Å². The number of carbonyl (C=O) groups is 1. The van der Waals surface area contributed by atoms with Crippen molar-refractivity contribution in [2.24, 2.45) is 0 Å². The number of pyridine rings is 1. The second-order valence-electron chi connectivity index (χ2n) is 4.01. The molecule has 16 heavy (non-hydrogen) atoms. The van der Waals surface area contributed by atoms with Crippen molar-refractivity contribution in [2.75, 3.05) is 5.32 Å². The van der Waals surface area contributed by atoms with Crippen molar-refractivity contribution < 1.29 is 4.79 Å². The Morgan fingerprint density at radius 2 is 2.31 bits per heavy atom. The summed E-state index contributed by atoms with van der Waals surface area (Å²) in [7, 11) is 0. The molecule has 2 rings (SSSR count). The van der Waals surface area contributed by atoms with Crippen molar-refractivity contribution in [3.05, 3.63) is 23.4 Å². The zero-order chi connectivity index (χ0) is 11.5. The molecule has 86 valence electrons. The first-order chi connectivity index (χ1) is 7.65. The Labute approximate surface area is 99.4 Å². The molecule has 1 aliphatic carbocycles. The molecule has 1 atom stereocenters. The van der Waals surface area contributed by atoms with E-state index in [2.05, 4.69) is 15.6 Å². The van der Waals surface area contributed by atoms with Crippen LogP contribution in [0.15, 0.2) is 18.3 Å². The SMILES string of the molecule is CC(Nc1ccc(Cl)cn1)C(=O)NC1CC1. The van der Waals surface area contributed by atoms with E-state index in [-0.39, 0.29) is 11.9 Å². The molecule has 1 heterocycles. The quantitative estimate of drug-likeness (QED) is 0.843.